The summed E-state index contributed by atoms with van der Waals surface area (Å²) >= 11 is 0. The van der Waals surface area contributed by atoms with Crippen molar-refractivity contribution in [2.75, 3.05) is 22.9 Å². The third kappa shape index (κ3) is 2.90. The van der Waals surface area contributed by atoms with Crippen LogP contribution in [0.2, 0.25) is 0 Å². The molecule has 10 N–H and O–H groups in total. The molecular weight excluding hydrogens is 304 g/mol. The molecule has 0 bridgehead atoms. The van der Waals surface area contributed by atoms with Gasteiger partial charge in [0, 0.05) is 0 Å². The second-order valence-electron chi connectivity index (χ2n) is 3.72. The van der Waals surface area contributed by atoms with Crippen molar-refractivity contribution in [2.45, 2.75) is 0 Å². The number of rotatable bonds is 2. The number of hydrogen-bond donors (Lipinski definition) is 6. The summed E-state index contributed by atoms with van der Waals surface area (Å²) in [6.45, 7) is 0. The fraction of sp³-hybridized carbons (Fsp3) is 0. The molecule has 0 saturated carbocycles. The van der Waals surface area contributed by atoms with Crippen LogP contribution >= 0.6 is 0 Å². The zero-order valence-corrected chi connectivity index (χ0v) is 10.7. The zero-order chi connectivity index (χ0) is 17.2. The molecule has 0 aliphatic heterocycles. The van der Waals surface area contributed by atoms with Crippen LogP contribution in [0, 0.1) is 0 Å². The minimum atomic E-state index is -1.93. The number of esters is 2. The SMILES string of the molecule is Nc1c(N)c(C(=O)OC(=O)O)c(N)c(N)c1C(=O)OC(=O)O. The van der Waals surface area contributed by atoms with Crippen molar-refractivity contribution in [1.82, 2.24) is 0 Å². The van der Waals surface area contributed by atoms with Crippen LogP contribution in [0.3, 0.4) is 0 Å². The van der Waals surface area contributed by atoms with Gasteiger partial charge in [0.2, 0.25) is 0 Å². The number of nitrogen functional groups attached to an aromatic ring is 4. The van der Waals surface area contributed by atoms with E-state index < -0.39 is 58.1 Å². The van der Waals surface area contributed by atoms with Gasteiger partial charge in [-0.15, -0.1) is 0 Å². The van der Waals surface area contributed by atoms with Gasteiger partial charge in [-0.2, -0.15) is 0 Å². The van der Waals surface area contributed by atoms with E-state index in [1.54, 1.807) is 0 Å². The number of ether oxygens (including phenoxy) is 2. The smallest absolute Gasteiger partial charge is 0.449 e. The van der Waals surface area contributed by atoms with E-state index in [0.29, 0.717) is 0 Å². The van der Waals surface area contributed by atoms with Crippen LogP contribution in [0.25, 0.3) is 0 Å². The first kappa shape index (κ1) is 16.4. The quantitative estimate of drug-likeness (QED) is 0.234. The van der Waals surface area contributed by atoms with E-state index in [4.69, 9.17) is 33.1 Å². The summed E-state index contributed by atoms with van der Waals surface area (Å²) in [7, 11) is 0. The van der Waals surface area contributed by atoms with E-state index in [9.17, 15) is 19.2 Å². The fourth-order valence-electron chi connectivity index (χ4n) is 1.53. The highest BCUT2D eigenvalue weighted by molar-refractivity contribution is 6.16. The first-order valence-corrected chi connectivity index (χ1v) is 5.23. The molecule has 0 aliphatic rings. The van der Waals surface area contributed by atoms with Gasteiger partial charge in [-0.05, 0) is 0 Å². The Hall–Kier alpha value is -3.70. The Morgan fingerprint density at radius 3 is 1.05 bits per heavy atom. The molecule has 0 amide bonds. The molecule has 0 fully saturated rings. The lowest BCUT2D eigenvalue weighted by atomic mass is 10.0. The van der Waals surface area contributed by atoms with E-state index in [-0.39, 0.29) is 0 Å². The van der Waals surface area contributed by atoms with Crippen LogP contribution in [0.4, 0.5) is 32.3 Å². The van der Waals surface area contributed by atoms with Crippen LogP contribution in [-0.4, -0.2) is 34.5 Å². The Morgan fingerprint density at radius 2 is 0.864 bits per heavy atom. The van der Waals surface area contributed by atoms with Crippen molar-refractivity contribution < 1.29 is 38.9 Å². The molecule has 1 aromatic carbocycles. The Bertz CT molecular complexity index is 611. The molecule has 0 saturated heterocycles. The average Bonchev–Trinajstić information content (AvgIpc) is 2.35. The van der Waals surface area contributed by atoms with E-state index in [2.05, 4.69) is 9.47 Å². The highest BCUT2D eigenvalue weighted by atomic mass is 16.7. The Kier molecular flexibility index (Phi) is 4.27. The van der Waals surface area contributed by atoms with Gasteiger partial charge in [0.05, 0.1) is 22.7 Å². The number of anilines is 4. The second-order valence-corrected chi connectivity index (χ2v) is 3.72. The molecule has 0 aliphatic carbocycles. The van der Waals surface area contributed by atoms with Crippen LogP contribution in [0.15, 0.2) is 0 Å². The van der Waals surface area contributed by atoms with Crippen LogP contribution in [-0.2, 0) is 9.47 Å². The van der Waals surface area contributed by atoms with Crippen molar-refractivity contribution in [3.05, 3.63) is 11.1 Å². The molecule has 0 unspecified atom stereocenters. The molecule has 1 aromatic rings. The van der Waals surface area contributed by atoms with Gasteiger partial charge in [-0.25, -0.2) is 19.2 Å². The summed E-state index contributed by atoms with van der Waals surface area (Å²) < 4.78 is 7.74. The van der Waals surface area contributed by atoms with Gasteiger partial charge in [0.25, 0.3) is 0 Å². The van der Waals surface area contributed by atoms with E-state index in [1.165, 1.54) is 0 Å². The Balaban J connectivity index is 3.51. The fourth-order valence-corrected chi connectivity index (χ4v) is 1.53. The molecule has 0 atom stereocenters. The van der Waals surface area contributed by atoms with Gasteiger partial charge in [0.1, 0.15) is 11.1 Å². The first-order chi connectivity index (χ1) is 10.1. The third-order valence-electron chi connectivity index (χ3n) is 2.43. The summed E-state index contributed by atoms with van der Waals surface area (Å²) in [5.74, 6) is -2.95. The lowest BCUT2D eigenvalue weighted by Gasteiger charge is -2.16. The van der Waals surface area contributed by atoms with Crippen LogP contribution < -0.4 is 22.9 Å². The van der Waals surface area contributed by atoms with Crippen molar-refractivity contribution >= 4 is 47.0 Å². The maximum absolute atomic E-state index is 11.6. The molecular formula is C10H10N4O8. The first-order valence-electron chi connectivity index (χ1n) is 5.23. The predicted molar refractivity (Wildman–Crippen MR) is 71.0 cm³/mol. The minimum absolute atomic E-state index is 0.615. The number of carbonyl (C=O) groups excluding carboxylic acids is 2. The Labute approximate surface area is 121 Å². The number of hydrogen-bond acceptors (Lipinski definition) is 10. The topological polar surface area (TPSA) is 231 Å². The van der Waals surface area contributed by atoms with E-state index >= 15 is 0 Å². The molecule has 1 rings (SSSR count). The number of benzene rings is 1. The number of nitrogens with two attached hydrogens (primary N) is 4. The monoisotopic (exact) mass is 314 g/mol. The Morgan fingerprint density at radius 1 is 0.636 bits per heavy atom. The molecule has 0 heterocycles. The molecule has 0 spiro atoms. The number of carboxylic acid groups (broad SMARTS) is 2. The molecule has 12 nitrogen and oxygen atoms in total. The van der Waals surface area contributed by atoms with Crippen molar-refractivity contribution in [2.24, 2.45) is 0 Å². The van der Waals surface area contributed by atoms with Crippen molar-refractivity contribution in [3.8, 4) is 0 Å². The highest BCUT2D eigenvalue weighted by Gasteiger charge is 2.29. The summed E-state index contributed by atoms with van der Waals surface area (Å²) in [5.41, 5.74) is 18.1. The average molecular weight is 314 g/mol. The molecule has 12 heteroatoms. The normalized spacial score (nSPS) is 9.82. The third-order valence-corrected chi connectivity index (χ3v) is 2.43. The lowest BCUT2D eigenvalue weighted by molar-refractivity contribution is 0.0489. The second kappa shape index (κ2) is 5.74. The maximum atomic E-state index is 11.6. The van der Waals surface area contributed by atoms with Gasteiger partial charge < -0.3 is 42.6 Å². The summed E-state index contributed by atoms with van der Waals surface area (Å²) in [4.78, 5) is 43.8. The van der Waals surface area contributed by atoms with E-state index in [1.807, 2.05) is 0 Å². The largest absolute Gasteiger partial charge is 0.513 e. The summed E-state index contributed by atoms with van der Waals surface area (Å²) in [6.07, 6.45) is -3.87. The van der Waals surface area contributed by atoms with Gasteiger partial charge in [-0.1, -0.05) is 0 Å². The molecule has 0 aromatic heterocycles. The zero-order valence-electron chi connectivity index (χ0n) is 10.7. The maximum Gasteiger partial charge on any atom is 0.513 e. The standard InChI is InChI=1S/C10H10N4O8/c11-3-1(7(15)21-9(17)18)4(12)6(14)2(5(3)13)8(16)22-10(19)20/h11-14H2,(H,17,18)(H,19,20). The van der Waals surface area contributed by atoms with Crippen LogP contribution in [0.1, 0.15) is 20.7 Å². The highest BCUT2D eigenvalue weighted by Crippen LogP contribution is 2.37. The number of carbonyl (C=O) groups is 4. The molecule has 22 heavy (non-hydrogen) atoms. The van der Waals surface area contributed by atoms with E-state index in [0.717, 1.165) is 0 Å². The molecule has 118 valence electrons. The van der Waals surface area contributed by atoms with Crippen LogP contribution in [0.5, 0.6) is 0 Å². The van der Waals surface area contributed by atoms with Gasteiger partial charge in [-0.3, -0.25) is 0 Å². The van der Waals surface area contributed by atoms with Gasteiger partial charge in [0.15, 0.2) is 0 Å². The minimum Gasteiger partial charge on any atom is -0.449 e. The van der Waals surface area contributed by atoms with Crippen molar-refractivity contribution in [3.63, 3.8) is 0 Å². The predicted octanol–water partition coefficient (Wildman–Crippen LogP) is -0.315. The summed E-state index contributed by atoms with van der Waals surface area (Å²) in [5, 5.41) is 16.8. The summed E-state index contributed by atoms with van der Waals surface area (Å²) in [6, 6.07) is 0. The lowest BCUT2D eigenvalue weighted by Crippen LogP contribution is -2.21. The van der Waals surface area contributed by atoms with Gasteiger partial charge >= 0.3 is 24.2 Å². The molecule has 0 radical (unpaired) electrons. The van der Waals surface area contributed by atoms with Crippen molar-refractivity contribution in [1.29, 1.82) is 0 Å².